The molecule has 1 unspecified atom stereocenters. The van der Waals surface area contributed by atoms with Gasteiger partial charge in [0.15, 0.2) is 0 Å². The van der Waals surface area contributed by atoms with E-state index in [4.69, 9.17) is 5.73 Å². The van der Waals surface area contributed by atoms with Crippen molar-refractivity contribution in [2.24, 2.45) is 5.73 Å². The number of allylic oxidation sites excluding steroid dienone is 1. The zero-order valence-corrected chi connectivity index (χ0v) is 32.4. The molecule has 1 heterocycles. The van der Waals surface area contributed by atoms with Gasteiger partial charge >= 0.3 is 0 Å². The fraction of sp³-hybridized carbons (Fsp3) is 0.0943. The van der Waals surface area contributed by atoms with Crippen LogP contribution in [0.3, 0.4) is 0 Å². The van der Waals surface area contributed by atoms with Gasteiger partial charge in [-0.25, -0.2) is 0 Å². The lowest BCUT2D eigenvalue weighted by Crippen LogP contribution is -2.27. The fourth-order valence-electron chi connectivity index (χ4n) is 8.73. The molecular formula is C53H42N2S. The Hall–Kier alpha value is -6.26. The topological polar surface area (TPSA) is 38.0 Å². The number of thiophene rings is 1. The Labute approximate surface area is 332 Å². The average Bonchev–Trinajstić information content (AvgIpc) is 3.74. The van der Waals surface area contributed by atoms with Crippen LogP contribution in [0.5, 0.6) is 0 Å². The normalized spacial score (nSPS) is 13.9. The summed E-state index contributed by atoms with van der Waals surface area (Å²) < 4.78 is 2.67. The minimum Gasteiger partial charge on any atom is -0.366 e. The molecule has 270 valence electrons. The Balaban J connectivity index is 0.978. The Morgan fingerprint density at radius 3 is 2.05 bits per heavy atom. The zero-order chi connectivity index (χ0) is 37.8. The monoisotopic (exact) mass is 738 g/mol. The smallest absolute Gasteiger partial charge is 0.101 e. The molecule has 0 radical (unpaired) electrons. The fourth-order valence-corrected chi connectivity index (χ4v) is 9.97. The second-order valence-electron chi connectivity index (χ2n) is 15.5. The number of rotatable bonds is 8. The van der Waals surface area contributed by atoms with E-state index in [-0.39, 0.29) is 11.6 Å². The van der Waals surface area contributed by atoms with E-state index in [2.05, 4.69) is 183 Å². The van der Waals surface area contributed by atoms with Crippen LogP contribution in [0.1, 0.15) is 47.8 Å². The molecule has 1 atom stereocenters. The van der Waals surface area contributed by atoms with Gasteiger partial charge in [0.25, 0.3) is 0 Å². The van der Waals surface area contributed by atoms with E-state index in [0.29, 0.717) is 0 Å². The first-order valence-corrected chi connectivity index (χ1v) is 20.3. The predicted octanol–water partition coefficient (Wildman–Crippen LogP) is 13.7. The van der Waals surface area contributed by atoms with Crippen LogP contribution in [0.4, 0.5) is 0 Å². The van der Waals surface area contributed by atoms with Gasteiger partial charge in [-0.05, 0) is 96.6 Å². The molecule has 3 N–H and O–H groups in total. The van der Waals surface area contributed by atoms with E-state index < -0.39 is 0 Å². The molecule has 0 bridgehead atoms. The van der Waals surface area contributed by atoms with Gasteiger partial charge in [0, 0.05) is 31.3 Å². The minimum atomic E-state index is -0.350. The van der Waals surface area contributed by atoms with Gasteiger partial charge in [-0.15, -0.1) is 11.3 Å². The van der Waals surface area contributed by atoms with Gasteiger partial charge in [-0.1, -0.05) is 178 Å². The van der Waals surface area contributed by atoms with Crippen LogP contribution >= 0.6 is 11.3 Å². The first-order valence-electron chi connectivity index (χ1n) is 19.5. The largest absolute Gasteiger partial charge is 0.366 e. The molecule has 1 aliphatic rings. The Kier molecular flexibility index (Phi) is 8.44. The van der Waals surface area contributed by atoms with Crippen LogP contribution < -0.4 is 11.1 Å². The van der Waals surface area contributed by atoms with Crippen LogP contribution in [0.15, 0.2) is 182 Å². The van der Waals surface area contributed by atoms with E-state index in [1.54, 1.807) is 0 Å². The molecule has 0 amide bonds. The molecule has 2 nitrogen and oxygen atoms in total. The maximum absolute atomic E-state index is 6.80. The highest BCUT2D eigenvalue weighted by Gasteiger charge is 2.37. The quantitative estimate of drug-likeness (QED) is 0.152. The molecule has 0 saturated carbocycles. The first-order chi connectivity index (χ1) is 27.4. The molecule has 1 aliphatic carbocycles. The van der Waals surface area contributed by atoms with E-state index in [1.807, 2.05) is 29.5 Å². The lowest BCUT2D eigenvalue weighted by atomic mass is 9.81. The van der Waals surface area contributed by atoms with Crippen molar-refractivity contribution in [2.75, 3.05) is 0 Å². The number of hydrogen-bond acceptors (Lipinski definition) is 3. The standard InChI is InChI=1S/C53H42N2S/c1-53(2)46-20-11-17-41(50(46)45-32-39-14-6-7-15-40(39)33-47(45)53)35-27-29-37(30-28-35)48(55-52(54)38-12-4-3-5-13-38)31-24-34-22-25-36(26-23-34)42-18-10-19-44-43-16-8-9-21-49(43)56-51(42)44/h3-23,25-33,52,55H,24,54H2,1-2H3/b48-31-. The van der Waals surface area contributed by atoms with Gasteiger partial charge < -0.3 is 11.1 Å². The number of hydrogen-bond donors (Lipinski definition) is 2. The molecule has 8 aromatic carbocycles. The van der Waals surface area contributed by atoms with Crippen molar-refractivity contribution < 1.29 is 0 Å². The van der Waals surface area contributed by atoms with E-state index in [1.165, 1.54) is 81.0 Å². The van der Waals surface area contributed by atoms with Crippen LogP contribution in [-0.4, -0.2) is 0 Å². The average molecular weight is 739 g/mol. The maximum atomic E-state index is 6.80. The summed E-state index contributed by atoms with van der Waals surface area (Å²) in [5.41, 5.74) is 21.6. The summed E-state index contributed by atoms with van der Waals surface area (Å²) in [6.07, 6.45) is 2.70. The third-order valence-corrected chi connectivity index (χ3v) is 13.0. The van der Waals surface area contributed by atoms with Crippen molar-refractivity contribution >= 4 is 48.0 Å². The lowest BCUT2D eigenvalue weighted by Gasteiger charge is -2.22. The van der Waals surface area contributed by atoms with Crippen molar-refractivity contribution in [3.63, 3.8) is 0 Å². The maximum Gasteiger partial charge on any atom is 0.101 e. The van der Waals surface area contributed by atoms with Crippen LogP contribution in [-0.2, 0) is 11.8 Å². The molecule has 0 spiro atoms. The Morgan fingerprint density at radius 1 is 0.607 bits per heavy atom. The van der Waals surface area contributed by atoms with Crippen LogP contribution in [0, 0.1) is 0 Å². The SMILES string of the molecule is CC1(C)c2cc3ccccc3cc2-c2c(-c3ccc(/C(=C/Cc4ccc(-c5cccc6c5sc5ccccc56)cc4)NC(N)c4ccccc4)cc3)cccc21. The van der Waals surface area contributed by atoms with Crippen LogP contribution in [0.25, 0.3) is 70.0 Å². The molecule has 0 aliphatic heterocycles. The molecule has 9 aromatic rings. The molecule has 56 heavy (non-hydrogen) atoms. The summed E-state index contributed by atoms with van der Waals surface area (Å²) in [5.74, 6) is 0. The second kappa shape index (κ2) is 13.8. The van der Waals surface area contributed by atoms with Gasteiger partial charge in [-0.3, -0.25) is 0 Å². The van der Waals surface area contributed by atoms with E-state index in [0.717, 1.165) is 23.2 Å². The van der Waals surface area contributed by atoms with Gasteiger partial charge in [0.2, 0.25) is 0 Å². The van der Waals surface area contributed by atoms with E-state index in [9.17, 15) is 0 Å². The summed E-state index contributed by atoms with van der Waals surface area (Å²) in [4.78, 5) is 0. The molecule has 3 heteroatoms. The predicted molar refractivity (Wildman–Crippen MR) is 240 cm³/mol. The van der Waals surface area contributed by atoms with Gasteiger partial charge in [0.1, 0.15) is 6.17 Å². The number of fused-ring (bicyclic) bond motifs is 7. The molecule has 0 fully saturated rings. The molecule has 1 aromatic heterocycles. The molecular weight excluding hydrogens is 697 g/mol. The Bertz CT molecular complexity index is 2930. The second-order valence-corrected chi connectivity index (χ2v) is 16.6. The Morgan fingerprint density at radius 2 is 1.25 bits per heavy atom. The van der Waals surface area contributed by atoms with Crippen LogP contribution in [0.2, 0.25) is 0 Å². The molecule has 0 saturated heterocycles. The summed E-state index contributed by atoms with van der Waals surface area (Å²) in [7, 11) is 0. The summed E-state index contributed by atoms with van der Waals surface area (Å²) in [5, 5.41) is 8.89. The highest BCUT2D eigenvalue weighted by molar-refractivity contribution is 7.26. The third kappa shape index (κ3) is 5.92. The summed E-state index contributed by atoms with van der Waals surface area (Å²) in [6, 6.07) is 64.0. The first kappa shape index (κ1) is 34.2. The number of nitrogens with one attached hydrogen (secondary N) is 1. The van der Waals surface area contributed by atoms with E-state index >= 15 is 0 Å². The van der Waals surface area contributed by atoms with Crippen molar-refractivity contribution in [3.05, 3.63) is 210 Å². The van der Waals surface area contributed by atoms with Crippen molar-refractivity contribution in [1.29, 1.82) is 0 Å². The summed E-state index contributed by atoms with van der Waals surface area (Å²) >= 11 is 1.88. The lowest BCUT2D eigenvalue weighted by molar-refractivity contribution is 0.661. The van der Waals surface area contributed by atoms with Gasteiger partial charge in [0.05, 0.1) is 0 Å². The number of nitrogens with two attached hydrogens (primary N) is 1. The van der Waals surface area contributed by atoms with Crippen molar-refractivity contribution in [2.45, 2.75) is 31.8 Å². The van der Waals surface area contributed by atoms with Crippen molar-refractivity contribution in [1.82, 2.24) is 5.32 Å². The van der Waals surface area contributed by atoms with Gasteiger partial charge in [-0.2, -0.15) is 0 Å². The third-order valence-electron chi connectivity index (χ3n) is 11.8. The zero-order valence-electron chi connectivity index (χ0n) is 31.6. The minimum absolute atomic E-state index is 0.0812. The highest BCUT2D eigenvalue weighted by atomic mass is 32.1. The highest BCUT2D eigenvalue weighted by Crippen LogP contribution is 2.53. The summed E-state index contributed by atoms with van der Waals surface area (Å²) in [6.45, 7) is 4.72. The number of benzene rings is 8. The van der Waals surface area contributed by atoms with Crippen molar-refractivity contribution in [3.8, 4) is 33.4 Å². The molecule has 10 rings (SSSR count).